The van der Waals surface area contributed by atoms with Crippen molar-refractivity contribution in [3.05, 3.63) is 48.0 Å². The average molecular weight is 354 g/mol. The average Bonchev–Trinajstić information content (AvgIpc) is 2.87. The van der Waals surface area contributed by atoms with E-state index in [2.05, 4.69) is 11.4 Å². The minimum atomic E-state index is -0.107. The highest BCUT2D eigenvalue weighted by Gasteiger charge is 2.11. The molecule has 3 rings (SSSR count). The molecular formula is C19H18N2O3S. The van der Waals surface area contributed by atoms with Crippen molar-refractivity contribution in [2.75, 3.05) is 24.3 Å². The zero-order valence-electron chi connectivity index (χ0n) is 13.7. The molecule has 1 amide bonds. The van der Waals surface area contributed by atoms with E-state index >= 15 is 0 Å². The third kappa shape index (κ3) is 4.68. The number of para-hydroxylation sites is 1. The smallest absolute Gasteiger partial charge is 0.225 e. The monoisotopic (exact) mass is 354 g/mol. The Hall–Kier alpha value is -2.65. The fourth-order valence-electron chi connectivity index (χ4n) is 2.40. The molecule has 1 aliphatic heterocycles. The summed E-state index contributed by atoms with van der Waals surface area (Å²) < 4.78 is 11.3. The Labute approximate surface area is 150 Å². The van der Waals surface area contributed by atoms with Crippen LogP contribution in [0.4, 0.5) is 5.69 Å². The van der Waals surface area contributed by atoms with Crippen LogP contribution in [0.3, 0.4) is 0 Å². The molecule has 0 radical (unpaired) electrons. The Morgan fingerprint density at radius 1 is 1.16 bits per heavy atom. The molecule has 6 heteroatoms. The van der Waals surface area contributed by atoms with E-state index < -0.39 is 0 Å². The van der Waals surface area contributed by atoms with Gasteiger partial charge in [0.05, 0.1) is 24.5 Å². The second kappa shape index (κ2) is 8.45. The van der Waals surface area contributed by atoms with Crippen LogP contribution in [-0.2, 0) is 4.79 Å². The van der Waals surface area contributed by atoms with Crippen molar-refractivity contribution < 1.29 is 14.3 Å². The minimum absolute atomic E-state index is 0.107. The first-order chi connectivity index (χ1) is 12.3. The minimum Gasteiger partial charge on any atom is -0.490 e. The van der Waals surface area contributed by atoms with E-state index in [1.165, 1.54) is 0 Å². The van der Waals surface area contributed by atoms with Crippen LogP contribution in [0.2, 0.25) is 0 Å². The molecule has 0 fully saturated rings. The lowest BCUT2D eigenvalue weighted by molar-refractivity contribution is -0.115. The first kappa shape index (κ1) is 17.2. The summed E-state index contributed by atoms with van der Waals surface area (Å²) in [4.78, 5) is 13.1. The van der Waals surface area contributed by atoms with Gasteiger partial charge in [0, 0.05) is 23.5 Å². The van der Waals surface area contributed by atoms with Gasteiger partial charge in [0.15, 0.2) is 11.5 Å². The van der Waals surface area contributed by atoms with Gasteiger partial charge >= 0.3 is 0 Å². The van der Waals surface area contributed by atoms with Gasteiger partial charge in [-0.05, 0) is 30.3 Å². The van der Waals surface area contributed by atoms with Gasteiger partial charge in [-0.3, -0.25) is 4.79 Å². The van der Waals surface area contributed by atoms with Crippen LogP contribution in [0.1, 0.15) is 18.4 Å². The number of fused-ring (bicyclic) bond motifs is 1. The maximum atomic E-state index is 12.1. The van der Waals surface area contributed by atoms with Gasteiger partial charge in [0.25, 0.3) is 0 Å². The third-order valence-electron chi connectivity index (χ3n) is 3.64. The van der Waals surface area contributed by atoms with Crippen LogP contribution < -0.4 is 14.8 Å². The number of ether oxygens (including phenoxy) is 2. The Kier molecular flexibility index (Phi) is 5.81. The number of benzene rings is 2. The molecule has 2 aromatic rings. The standard InChI is InChI=1S/C19H18N2O3S/c20-13-14-4-1-2-5-16(14)21-19(22)8-11-25-15-6-7-17-18(12-15)24-10-3-9-23-17/h1-2,4-7,12H,3,8-11H2,(H,21,22). The van der Waals surface area contributed by atoms with Crippen LogP contribution in [0.25, 0.3) is 0 Å². The van der Waals surface area contributed by atoms with Crippen LogP contribution in [0.15, 0.2) is 47.4 Å². The lowest BCUT2D eigenvalue weighted by Gasteiger charge is -2.09. The number of carbonyl (C=O) groups is 1. The Morgan fingerprint density at radius 2 is 1.96 bits per heavy atom. The second-order valence-electron chi connectivity index (χ2n) is 5.46. The van der Waals surface area contributed by atoms with Gasteiger partial charge in [-0.1, -0.05) is 12.1 Å². The van der Waals surface area contributed by atoms with Crippen LogP contribution in [0.5, 0.6) is 11.5 Å². The highest BCUT2D eigenvalue weighted by molar-refractivity contribution is 7.99. The second-order valence-corrected chi connectivity index (χ2v) is 6.63. The lowest BCUT2D eigenvalue weighted by atomic mass is 10.2. The summed E-state index contributed by atoms with van der Waals surface area (Å²) in [5.41, 5.74) is 1.02. The summed E-state index contributed by atoms with van der Waals surface area (Å²) in [5, 5.41) is 11.8. The number of hydrogen-bond donors (Lipinski definition) is 1. The SMILES string of the molecule is N#Cc1ccccc1NC(=O)CCSc1ccc2c(c1)OCCCO2. The molecule has 0 spiro atoms. The van der Waals surface area contributed by atoms with Crippen LogP contribution >= 0.6 is 11.8 Å². The van der Waals surface area contributed by atoms with Gasteiger partial charge in [0.2, 0.25) is 5.91 Å². The van der Waals surface area contributed by atoms with Crippen molar-refractivity contribution in [1.82, 2.24) is 0 Å². The van der Waals surface area contributed by atoms with Crippen LogP contribution in [0, 0.1) is 11.3 Å². The predicted molar refractivity (Wildman–Crippen MR) is 97.2 cm³/mol. The Morgan fingerprint density at radius 3 is 2.80 bits per heavy atom. The van der Waals surface area contributed by atoms with E-state index in [1.807, 2.05) is 18.2 Å². The zero-order valence-corrected chi connectivity index (χ0v) is 14.5. The summed E-state index contributed by atoms with van der Waals surface area (Å²) in [6.07, 6.45) is 1.24. The fraction of sp³-hybridized carbons (Fsp3) is 0.263. The molecule has 0 atom stereocenters. The van der Waals surface area contributed by atoms with Gasteiger partial charge < -0.3 is 14.8 Å². The molecule has 1 aliphatic rings. The molecule has 1 N–H and O–H groups in total. The van der Waals surface area contributed by atoms with E-state index in [-0.39, 0.29) is 5.91 Å². The molecule has 128 valence electrons. The van der Waals surface area contributed by atoms with Crippen molar-refractivity contribution in [3.8, 4) is 17.6 Å². The maximum Gasteiger partial charge on any atom is 0.225 e. The number of nitrogens with one attached hydrogen (secondary N) is 1. The predicted octanol–water partition coefficient (Wildman–Crippen LogP) is 3.84. The summed E-state index contributed by atoms with van der Waals surface area (Å²) in [7, 11) is 0. The van der Waals surface area contributed by atoms with E-state index in [0.29, 0.717) is 36.6 Å². The number of nitriles is 1. The largest absolute Gasteiger partial charge is 0.490 e. The summed E-state index contributed by atoms with van der Waals surface area (Å²) in [6, 6.07) is 14.9. The summed E-state index contributed by atoms with van der Waals surface area (Å²) >= 11 is 1.59. The van der Waals surface area contributed by atoms with Crippen molar-refractivity contribution in [2.24, 2.45) is 0 Å². The lowest BCUT2D eigenvalue weighted by Crippen LogP contribution is -2.13. The first-order valence-corrected chi connectivity index (χ1v) is 9.06. The molecule has 2 aromatic carbocycles. The zero-order chi connectivity index (χ0) is 17.5. The summed E-state index contributed by atoms with van der Waals surface area (Å²) in [5.74, 6) is 2.06. The number of nitrogens with zero attached hydrogens (tertiary/aromatic N) is 1. The molecular weight excluding hydrogens is 336 g/mol. The van der Waals surface area contributed by atoms with Crippen molar-refractivity contribution in [3.63, 3.8) is 0 Å². The topological polar surface area (TPSA) is 71.4 Å². The van der Waals surface area contributed by atoms with Crippen molar-refractivity contribution in [1.29, 1.82) is 5.26 Å². The quantitative estimate of drug-likeness (QED) is 0.826. The Bertz CT molecular complexity index is 801. The molecule has 25 heavy (non-hydrogen) atoms. The Balaban J connectivity index is 1.52. The molecule has 0 saturated heterocycles. The molecule has 5 nitrogen and oxygen atoms in total. The highest BCUT2D eigenvalue weighted by Crippen LogP contribution is 2.34. The van der Waals surface area contributed by atoms with E-state index in [4.69, 9.17) is 14.7 Å². The third-order valence-corrected chi connectivity index (χ3v) is 4.63. The number of hydrogen-bond acceptors (Lipinski definition) is 5. The van der Waals surface area contributed by atoms with Gasteiger partial charge in [-0.25, -0.2) is 0 Å². The van der Waals surface area contributed by atoms with E-state index in [9.17, 15) is 4.79 Å². The van der Waals surface area contributed by atoms with Gasteiger partial charge in [-0.15, -0.1) is 11.8 Å². The van der Waals surface area contributed by atoms with Gasteiger partial charge in [0.1, 0.15) is 6.07 Å². The number of amides is 1. The highest BCUT2D eigenvalue weighted by atomic mass is 32.2. The van der Waals surface area contributed by atoms with Crippen molar-refractivity contribution in [2.45, 2.75) is 17.7 Å². The summed E-state index contributed by atoms with van der Waals surface area (Å²) in [6.45, 7) is 1.33. The first-order valence-electron chi connectivity index (χ1n) is 8.08. The molecule has 1 heterocycles. The van der Waals surface area contributed by atoms with Gasteiger partial charge in [-0.2, -0.15) is 5.26 Å². The molecule has 0 bridgehead atoms. The molecule has 0 unspecified atom stereocenters. The van der Waals surface area contributed by atoms with Crippen molar-refractivity contribution >= 4 is 23.4 Å². The number of anilines is 1. The normalized spacial score (nSPS) is 12.8. The maximum absolute atomic E-state index is 12.1. The number of carbonyl (C=O) groups excluding carboxylic acids is 1. The molecule has 0 aliphatic carbocycles. The van der Waals surface area contributed by atoms with E-state index in [0.717, 1.165) is 22.8 Å². The number of thioether (sulfide) groups is 1. The fourth-order valence-corrected chi connectivity index (χ4v) is 3.28. The number of rotatable bonds is 5. The molecule has 0 saturated carbocycles. The van der Waals surface area contributed by atoms with E-state index in [1.54, 1.807) is 36.0 Å². The van der Waals surface area contributed by atoms with Crippen LogP contribution in [-0.4, -0.2) is 24.9 Å². The molecule has 0 aromatic heterocycles.